The molecule has 20 heavy (non-hydrogen) atoms. The summed E-state index contributed by atoms with van der Waals surface area (Å²) in [6.45, 7) is 1.78. The van der Waals surface area contributed by atoms with E-state index in [1.807, 2.05) is 18.2 Å². The molecule has 2 heterocycles. The predicted octanol–water partition coefficient (Wildman–Crippen LogP) is 4.17. The first-order chi connectivity index (χ1) is 9.90. The number of hydrogen-bond donors (Lipinski definition) is 0. The molecule has 1 aliphatic rings. The number of aryl methyl sites for hydroxylation is 2. The van der Waals surface area contributed by atoms with Crippen LogP contribution in [0.4, 0.5) is 0 Å². The van der Waals surface area contributed by atoms with E-state index < -0.39 is 0 Å². The number of nitrogens with zero attached hydrogens (tertiary/aromatic N) is 1. The minimum atomic E-state index is 0.625. The van der Waals surface area contributed by atoms with Crippen molar-refractivity contribution in [3.63, 3.8) is 0 Å². The highest BCUT2D eigenvalue weighted by molar-refractivity contribution is 5.83. The number of aromatic nitrogens is 1. The number of benzene rings is 2. The Morgan fingerprint density at radius 1 is 1.00 bits per heavy atom. The van der Waals surface area contributed by atoms with Crippen LogP contribution in [0.3, 0.4) is 0 Å². The minimum Gasteiger partial charge on any atom is -0.489 e. The van der Waals surface area contributed by atoms with Crippen molar-refractivity contribution in [1.82, 2.24) is 4.57 Å². The zero-order chi connectivity index (χ0) is 13.4. The van der Waals surface area contributed by atoms with Crippen LogP contribution in [0.5, 0.6) is 5.75 Å². The molecule has 0 saturated heterocycles. The van der Waals surface area contributed by atoms with E-state index in [2.05, 4.69) is 41.0 Å². The van der Waals surface area contributed by atoms with E-state index in [9.17, 15) is 0 Å². The molecule has 0 fully saturated rings. The first kappa shape index (κ1) is 11.6. The highest BCUT2D eigenvalue weighted by Crippen LogP contribution is 2.29. The number of ether oxygens (including phenoxy) is 1. The summed E-state index contributed by atoms with van der Waals surface area (Å²) in [5.74, 6) is 0.950. The number of rotatable bonds is 3. The minimum absolute atomic E-state index is 0.625. The largest absolute Gasteiger partial charge is 0.489 e. The van der Waals surface area contributed by atoms with E-state index in [0.29, 0.717) is 6.61 Å². The van der Waals surface area contributed by atoms with Gasteiger partial charge in [0.25, 0.3) is 0 Å². The Balaban J connectivity index is 1.59. The molecule has 0 radical (unpaired) electrons. The van der Waals surface area contributed by atoms with Gasteiger partial charge in [-0.25, -0.2) is 0 Å². The second kappa shape index (κ2) is 4.71. The van der Waals surface area contributed by atoms with Crippen molar-refractivity contribution in [2.24, 2.45) is 0 Å². The van der Waals surface area contributed by atoms with E-state index >= 15 is 0 Å². The standard InChI is InChI=1S/C18H17NO/c1-2-5-14(6-3-1)13-20-17-8-9-18-15(12-17)11-16-7-4-10-19(16)18/h1-3,5-6,8-9,11-12H,4,7,10,13H2. The lowest BCUT2D eigenvalue weighted by Gasteiger charge is -2.07. The lowest BCUT2D eigenvalue weighted by Crippen LogP contribution is -1.95. The Morgan fingerprint density at radius 3 is 2.80 bits per heavy atom. The summed E-state index contributed by atoms with van der Waals surface area (Å²) >= 11 is 0. The van der Waals surface area contributed by atoms with Crippen molar-refractivity contribution >= 4 is 10.9 Å². The molecule has 0 atom stereocenters. The van der Waals surface area contributed by atoms with Gasteiger partial charge in [0.05, 0.1) is 0 Å². The van der Waals surface area contributed by atoms with E-state index in [-0.39, 0.29) is 0 Å². The molecule has 0 N–H and O–H groups in total. The van der Waals surface area contributed by atoms with Crippen LogP contribution in [0, 0.1) is 0 Å². The van der Waals surface area contributed by atoms with Gasteiger partial charge < -0.3 is 9.30 Å². The van der Waals surface area contributed by atoms with Gasteiger partial charge in [-0.2, -0.15) is 0 Å². The molecule has 4 rings (SSSR count). The van der Waals surface area contributed by atoms with Gasteiger partial charge in [0.15, 0.2) is 0 Å². The van der Waals surface area contributed by atoms with Crippen molar-refractivity contribution in [2.75, 3.05) is 0 Å². The Hall–Kier alpha value is -2.22. The van der Waals surface area contributed by atoms with Gasteiger partial charge in [-0.3, -0.25) is 0 Å². The fourth-order valence-corrected chi connectivity index (χ4v) is 3.03. The second-order valence-electron chi connectivity index (χ2n) is 5.39. The molecule has 0 amide bonds. The van der Waals surface area contributed by atoms with Gasteiger partial charge in [0.2, 0.25) is 0 Å². The topological polar surface area (TPSA) is 14.2 Å². The van der Waals surface area contributed by atoms with Crippen molar-refractivity contribution in [2.45, 2.75) is 26.0 Å². The molecule has 0 saturated carbocycles. The third-order valence-electron chi connectivity index (χ3n) is 4.02. The Bertz CT molecular complexity index is 743. The smallest absolute Gasteiger partial charge is 0.120 e. The van der Waals surface area contributed by atoms with Crippen LogP contribution in [0.1, 0.15) is 17.7 Å². The summed E-state index contributed by atoms with van der Waals surface area (Å²) in [6.07, 6.45) is 2.48. The van der Waals surface area contributed by atoms with Crippen LogP contribution in [0.15, 0.2) is 54.6 Å². The molecule has 0 aliphatic carbocycles. The average Bonchev–Trinajstić information content (AvgIpc) is 3.06. The SMILES string of the molecule is c1ccc(COc2ccc3c(c2)cc2n3CCC2)cc1. The number of hydrogen-bond acceptors (Lipinski definition) is 1. The number of fused-ring (bicyclic) bond motifs is 3. The molecule has 0 spiro atoms. The Kier molecular flexibility index (Phi) is 2.73. The fraction of sp³-hybridized carbons (Fsp3) is 0.222. The van der Waals surface area contributed by atoms with Crippen LogP contribution in [-0.4, -0.2) is 4.57 Å². The van der Waals surface area contributed by atoms with E-state index in [1.54, 1.807) is 0 Å². The maximum absolute atomic E-state index is 5.89. The van der Waals surface area contributed by atoms with E-state index in [1.165, 1.54) is 35.0 Å². The molecule has 3 aromatic rings. The third kappa shape index (κ3) is 1.97. The summed E-state index contributed by atoms with van der Waals surface area (Å²) in [4.78, 5) is 0. The Morgan fingerprint density at radius 2 is 1.90 bits per heavy atom. The Labute approximate surface area is 118 Å². The lowest BCUT2D eigenvalue weighted by molar-refractivity contribution is 0.306. The molecule has 1 aliphatic heterocycles. The normalized spacial score (nSPS) is 13.6. The van der Waals surface area contributed by atoms with Crippen LogP contribution >= 0.6 is 0 Å². The molecule has 2 aromatic carbocycles. The average molecular weight is 263 g/mol. The van der Waals surface area contributed by atoms with Crippen molar-refractivity contribution in [3.05, 3.63) is 65.9 Å². The summed E-state index contributed by atoms with van der Waals surface area (Å²) < 4.78 is 8.32. The van der Waals surface area contributed by atoms with Gasteiger partial charge in [-0.1, -0.05) is 30.3 Å². The van der Waals surface area contributed by atoms with Gasteiger partial charge >= 0.3 is 0 Å². The maximum Gasteiger partial charge on any atom is 0.120 e. The van der Waals surface area contributed by atoms with Gasteiger partial charge in [-0.15, -0.1) is 0 Å². The first-order valence-electron chi connectivity index (χ1n) is 7.19. The molecule has 0 unspecified atom stereocenters. The van der Waals surface area contributed by atoms with Crippen molar-refractivity contribution in [1.29, 1.82) is 0 Å². The van der Waals surface area contributed by atoms with Crippen molar-refractivity contribution in [3.8, 4) is 5.75 Å². The van der Waals surface area contributed by atoms with E-state index in [4.69, 9.17) is 4.74 Å². The molecule has 1 aromatic heterocycles. The zero-order valence-corrected chi connectivity index (χ0v) is 11.4. The monoisotopic (exact) mass is 263 g/mol. The molecule has 100 valence electrons. The summed E-state index contributed by atoms with van der Waals surface area (Å²) in [6, 6.07) is 19.0. The first-order valence-corrected chi connectivity index (χ1v) is 7.19. The quantitative estimate of drug-likeness (QED) is 0.692. The molecule has 2 heteroatoms. The highest BCUT2D eigenvalue weighted by Gasteiger charge is 2.14. The van der Waals surface area contributed by atoms with Gasteiger partial charge in [-0.05, 0) is 42.7 Å². The second-order valence-corrected chi connectivity index (χ2v) is 5.39. The maximum atomic E-state index is 5.89. The summed E-state index contributed by atoms with van der Waals surface area (Å²) in [7, 11) is 0. The summed E-state index contributed by atoms with van der Waals surface area (Å²) in [5.41, 5.74) is 4.00. The molecular formula is C18H17NO. The fourth-order valence-electron chi connectivity index (χ4n) is 3.03. The third-order valence-corrected chi connectivity index (χ3v) is 4.02. The van der Waals surface area contributed by atoms with Crippen LogP contribution in [0.2, 0.25) is 0 Å². The van der Waals surface area contributed by atoms with Crippen LogP contribution in [-0.2, 0) is 19.6 Å². The van der Waals surface area contributed by atoms with Gasteiger partial charge in [0.1, 0.15) is 12.4 Å². The van der Waals surface area contributed by atoms with Crippen LogP contribution in [0.25, 0.3) is 10.9 Å². The van der Waals surface area contributed by atoms with Gasteiger partial charge in [0, 0.05) is 23.1 Å². The van der Waals surface area contributed by atoms with E-state index in [0.717, 1.165) is 12.3 Å². The molecule has 2 nitrogen and oxygen atoms in total. The molecule has 0 bridgehead atoms. The predicted molar refractivity (Wildman–Crippen MR) is 81.0 cm³/mol. The van der Waals surface area contributed by atoms with Crippen molar-refractivity contribution < 1.29 is 4.74 Å². The summed E-state index contributed by atoms with van der Waals surface area (Å²) in [5, 5.41) is 1.30. The zero-order valence-electron chi connectivity index (χ0n) is 11.4. The van der Waals surface area contributed by atoms with Crippen LogP contribution < -0.4 is 4.74 Å². The lowest BCUT2D eigenvalue weighted by atomic mass is 10.2. The molecular weight excluding hydrogens is 246 g/mol. The highest BCUT2D eigenvalue weighted by atomic mass is 16.5.